The summed E-state index contributed by atoms with van der Waals surface area (Å²) in [6.07, 6.45) is 1.64. The maximum Gasteiger partial charge on any atom is 0.256 e. The predicted molar refractivity (Wildman–Crippen MR) is 84.2 cm³/mol. The van der Waals surface area contributed by atoms with Crippen molar-refractivity contribution in [2.24, 2.45) is 0 Å². The van der Waals surface area contributed by atoms with E-state index < -0.39 is 0 Å². The van der Waals surface area contributed by atoms with Gasteiger partial charge >= 0.3 is 0 Å². The van der Waals surface area contributed by atoms with Gasteiger partial charge in [-0.05, 0) is 52.7 Å². The third-order valence-electron chi connectivity index (χ3n) is 2.92. The molecule has 0 atom stereocenters. The van der Waals surface area contributed by atoms with E-state index >= 15 is 0 Å². The second kappa shape index (κ2) is 6.58. The summed E-state index contributed by atoms with van der Waals surface area (Å²) in [5.74, 6) is 1.35. The molecule has 0 radical (unpaired) electrons. The van der Waals surface area contributed by atoms with Crippen molar-refractivity contribution < 1.29 is 14.3 Å². The predicted octanol–water partition coefficient (Wildman–Crippen LogP) is 3.42. The minimum Gasteiger partial charge on any atom is -0.493 e. The smallest absolute Gasteiger partial charge is 0.256 e. The molecule has 0 saturated carbocycles. The molecule has 2 aromatic rings. The molecule has 6 heteroatoms. The summed E-state index contributed by atoms with van der Waals surface area (Å²) in [6.45, 7) is 1.88. The lowest BCUT2D eigenvalue weighted by Gasteiger charge is -2.10. The fraction of sp³-hybridized carbons (Fsp3) is 0.200. The second-order valence-electron chi connectivity index (χ2n) is 4.34. The van der Waals surface area contributed by atoms with E-state index in [0.29, 0.717) is 22.9 Å². The number of halogens is 1. The van der Waals surface area contributed by atoms with E-state index in [1.807, 2.05) is 13.0 Å². The van der Waals surface area contributed by atoms with Crippen LogP contribution < -0.4 is 14.8 Å². The number of nitrogens with one attached hydrogen (secondary N) is 1. The number of aryl methyl sites for hydroxylation is 1. The van der Waals surface area contributed by atoms with E-state index in [1.54, 1.807) is 31.5 Å². The van der Waals surface area contributed by atoms with Crippen LogP contribution in [0.2, 0.25) is 0 Å². The number of carbonyl (C=O) groups excluding carboxylic acids is 1. The van der Waals surface area contributed by atoms with Gasteiger partial charge in [0.15, 0.2) is 11.5 Å². The maximum atomic E-state index is 12.3. The summed E-state index contributed by atoms with van der Waals surface area (Å²) in [4.78, 5) is 16.4. The summed E-state index contributed by atoms with van der Waals surface area (Å²) >= 11 is 3.34. The van der Waals surface area contributed by atoms with Gasteiger partial charge in [-0.3, -0.25) is 4.79 Å². The first-order valence-corrected chi connectivity index (χ1v) is 7.00. The number of ether oxygens (including phenoxy) is 2. The molecule has 0 fully saturated rings. The van der Waals surface area contributed by atoms with Gasteiger partial charge in [-0.15, -0.1) is 0 Å². The summed E-state index contributed by atoms with van der Waals surface area (Å²) in [5, 5.41) is 2.78. The molecule has 1 heterocycles. The Hall–Kier alpha value is -2.08. The molecule has 2 rings (SSSR count). The summed E-state index contributed by atoms with van der Waals surface area (Å²) < 4.78 is 11.2. The SMILES string of the molecule is COc1ccc(C(=O)Nc2ncc(Br)cc2C)cc1OC. The molecular formula is C15H15BrN2O3. The highest BCUT2D eigenvalue weighted by Crippen LogP contribution is 2.28. The lowest BCUT2D eigenvalue weighted by Crippen LogP contribution is -2.14. The van der Waals surface area contributed by atoms with Crippen molar-refractivity contribution in [3.8, 4) is 11.5 Å². The van der Waals surface area contributed by atoms with Crippen LogP contribution in [0.25, 0.3) is 0 Å². The van der Waals surface area contributed by atoms with Gasteiger partial charge in [0.2, 0.25) is 0 Å². The molecule has 0 aliphatic carbocycles. The molecule has 1 amide bonds. The Kier molecular flexibility index (Phi) is 4.80. The van der Waals surface area contributed by atoms with Crippen molar-refractivity contribution in [3.63, 3.8) is 0 Å². The zero-order valence-electron chi connectivity index (χ0n) is 11.9. The lowest BCUT2D eigenvalue weighted by atomic mass is 10.2. The van der Waals surface area contributed by atoms with E-state index in [1.165, 1.54) is 7.11 Å². The van der Waals surface area contributed by atoms with Crippen molar-refractivity contribution in [1.29, 1.82) is 0 Å². The highest BCUT2D eigenvalue weighted by Gasteiger charge is 2.12. The number of rotatable bonds is 4. The van der Waals surface area contributed by atoms with Crippen LogP contribution in [0.1, 0.15) is 15.9 Å². The number of benzene rings is 1. The number of pyridine rings is 1. The van der Waals surface area contributed by atoms with E-state index in [0.717, 1.165) is 10.0 Å². The monoisotopic (exact) mass is 350 g/mol. The van der Waals surface area contributed by atoms with Crippen molar-refractivity contribution >= 4 is 27.7 Å². The number of hydrogen-bond acceptors (Lipinski definition) is 4. The molecule has 1 aromatic heterocycles. The van der Waals surface area contributed by atoms with Gasteiger partial charge in [-0.25, -0.2) is 4.98 Å². The van der Waals surface area contributed by atoms with Crippen LogP contribution in [-0.4, -0.2) is 25.1 Å². The molecule has 0 saturated heterocycles. The van der Waals surface area contributed by atoms with Crippen LogP contribution in [0.5, 0.6) is 11.5 Å². The molecule has 0 spiro atoms. The summed E-state index contributed by atoms with van der Waals surface area (Å²) in [7, 11) is 3.08. The molecule has 1 aromatic carbocycles. The molecule has 5 nitrogen and oxygen atoms in total. The van der Waals surface area contributed by atoms with Gasteiger partial charge in [0.25, 0.3) is 5.91 Å². The molecule has 0 aliphatic rings. The van der Waals surface area contributed by atoms with Crippen molar-refractivity contribution in [2.75, 3.05) is 19.5 Å². The van der Waals surface area contributed by atoms with Gasteiger partial charge in [0, 0.05) is 16.2 Å². The van der Waals surface area contributed by atoms with Gasteiger partial charge in [-0.1, -0.05) is 0 Å². The largest absolute Gasteiger partial charge is 0.493 e. The Labute approximate surface area is 131 Å². The molecule has 0 unspecified atom stereocenters. The zero-order valence-corrected chi connectivity index (χ0v) is 13.5. The van der Waals surface area contributed by atoms with Crippen LogP contribution in [0.15, 0.2) is 34.9 Å². The van der Waals surface area contributed by atoms with Gasteiger partial charge in [0.05, 0.1) is 14.2 Å². The number of nitrogens with zero attached hydrogens (tertiary/aromatic N) is 1. The van der Waals surface area contributed by atoms with E-state index in [-0.39, 0.29) is 5.91 Å². The standard InChI is InChI=1S/C15H15BrN2O3/c1-9-6-11(16)8-17-14(9)18-15(19)10-4-5-12(20-2)13(7-10)21-3/h4-8H,1-3H3,(H,17,18,19). The lowest BCUT2D eigenvalue weighted by molar-refractivity contribution is 0.102. The Morgan fingerprint density at radius 2 is 1.90 bits per heavy atom. The van der Waals surface area contributed by atoms with Gasteiger partial charge < -0.3 is 14.8 Å². The van der Waals surface area contributed by atoms with E-state index in [4.69, 9.17) is 9.47 Å². The number of carbonyl (C=O) groups is 1. The Morgan fingerprint density at radius 1 is 1.19 bits per heavy atom. The van der Waals surface area contributed by atoms with Crippen LogP contribution in [0.4, 0.5) is 5.82 Å². The van der Waals surface area contributed by atoms with Crippen LogP contribution in [0, 0.1) is 6.92 Å². The molecule has 110 valence electrons. The third-order valence-corrected chi connectivity index (χ3v) is 3.36. The molecule has 21 heavy (non-hydrogen) atoms. The minimum atomic E-state index is -0.256. The maximum absolute atomic E-state index is 12.3. The summed E-state index contributed by atoms with van der Waals surface area (Å²) in [5.41, 5.74) is 1.34. The quantitative estimate of drug-likeness (QED) is 0.917. The normalized spacial score (nSPS) is 10.1. The minimum absolute atomic E-state index is 0.256. The zero-order chi connectivity index (χ0) is 15.4. The summed E-state index contributed by atoms with van der Waals surface area (Å²) in [6, 6.07) is 6.88. The Balaban J connectivity index is 2.24. The first-order chi connectivity index (χ1) is 10.0. The Morgan fingerprint density at radius 3 is 2.52 bits per heavy atom. The highest BCUT2D eigenvalue weighted by molar-refractivity contribution is 9.10. The first-order valence-electron chi connectivity index (χ1n) is 6.20. The number of hydrogen-bond donors (Lipinski definition) is 1. The fourth-order valence-electron chi connectivity index (χ4n) is 1.83. The van der Waals surface area contributed by atoms with Crippen LogP contribution in [-0.2, 0) is 0 Å². The average Bonchev–Trinajstić information content (AvgIpc) is 2.49. The number of methoxy groups -OCH3 is 2. The Bertz CT molecular complexity index is 674. The van der Waals surface area contributed by atoms with E-state index in [2.05, 4.69) is 26.2 Å². The molecule has 0 bridgehead atoms. The second-order valence-corrected chi connectivity index (χ2v) is 5.26. The van der Waals surface area contributed by atoms with Gasteiger partial charge in [-0.2, -0.15) is 0 Å². The fourth-order valence-corrected chi connectivity index (χ4v) is 2.27. The van der Waals surface area contributed by atoms with Crippen LogP contribution in [0.3, 0.4) is 0 Å². The van der Waals surface area contributed by atoms with Crippen molar-refractivity contribution in [1.82, 2.24) is 4.98 Å². The topological polar surface area (TPSA) is 60.5 Å². The molecular weight excluding hydrogens is 336 g/mol. The van der Waals surface area contributed by atoms with Crippen molar-refractivity contribution in [3.05, 3.63) is 46.1 Å². The van der Waals surface area contributed by atoms with Crippen LogP contribution >= 0.6 is 15.9 Å². The molecule has 1 N–H and O–H groups in total. The van der Waals surface area contributed by atoms with Gasteiger partial charge in [0.1, 0.15) is 5.82 Å². The third kappa shape index (κ3) is 3.52. The number of amides is 1. The van der Waals surface area contributed by atoms with E-state index in [9.17, 15) is 4.79 Å². The molecule has 0 aliphatic heterocycles. The number of aromatic nitrogens is 1. The van der Waals surface area contributed by atoms with Crippen molar-refractivity contribution in [2.45, 2.75) is 6.92 Å². The average molecular weight is 351 g/mol. The highest BCUT2D eigenvalue weighted by atomic mass is 79.9. The first kappa shape index (κ1) is 15.3. The number of anilines is 1.